The highest BCUT2D eigenvalue weighted by molar-refractivity contribution is 5.77. The minimum absolute atomic E-state index is 0.166. The van der Waals surface area contributed by atoms with Crippen LogP contribution in [-0.4, -0.2) is 38.9 Å². The molecule has 5 heteroatoms. The van der Waals surface area contributed by atoms with Gasteiger partial charge in [0.25, 0.3) is 0 Å². The van der Waals surface area contributed by atoms with Gasteiger partial charge in [-0.3, -0.25) is 0 Å². The van der Waals surface area contributed by atoms with Crippen LogP contribution in [0.1, 0.15) is 6.92 Å². The lowest BCUT2D eigenvalue weighted by atomic mass is 10.1. The summed E-state index contributed by atoms with van der Waals surface area (Å²) in [4.78, 5) is 7.38. The molecule has 4 N–H and O–H groups in total. The second-order valence-electron chi connectivity index (χ2n) is 4.10. The molecule has 0 bridgehead atoms. The van der Waals surface area contributed by atoms with Crippen molar-refractivity contribution in [2.45, 2.75) is 12.5 Å². The number of aromatic nitrogens is 2. The summed E-state index contributed by atoms with van der Waals surface area (Å²) in [6.45, 7) is 1.39. The molecule has 0 fully saturated rings. The minimum atomic E-state index is -0.770. The summed E-state index contributed by atoms with van der Waals surface area (Å²) < 4.78 is 0. The zero-order valence-corrected chi connectivity index (χ0v) is 9.07. The van der Waals surface area contributed by atoms with Gasteiger partial charge in [-0.15, -0.1) is 0 Å². The SMILES string of the molecule is CC(CO)(CO)Nc1nc2ccccc2[nH]1. The van der Waals surface area contributed by atoms with Gasteiger partial charge in [0.15, 0.2) is 0 Å². The largest absolute Gasteiger partial charge is 0.394 e. The van der Waals surface area contributed by atoms with Crippen LogP contribution >= 0.6 is 0 Å². The van der Waals surface area contributed by atoms with E-state index in [2.05, 4.69) is 15.3 Å². The maximum Gasteiger partial charge on any atom is 0.201 e. The van der Waals surface area contributed by atoms with E-state index in [1.54, 1.807) is 6.92 Å². The van der Waals surface area contributed by atoms with Crippen molar-refractivity contribution in [3.05, 3.63) is 24.3 Å². The van der Waals surface area contributed by atoms with Crippen LogP contribution in [0.3, 0.4) is 0 Å². The number of H-pyrrole nitrogens is 1. The molecule has 16 heavy (non-hydrogen) atoms. The highest BCUT2D eigenvalue weighted by Gasteiger charge is 2.23. The van der Waals surface area contributed by atoms with Crippen molar-refractivity contribution < 1.29 is 10.2 Å². The number of benzene rings is 1. The van der Waals surface area contributed by atoms with Gasteiger partial charge in [-0.25, -0.2) is 4.98 Å². The summed E-state index contributed by atoms with van der Waals surface area (Å²) >= 11 is 0. The molecule has 0 atom stereocenters. The van der Waals surface area contributed by atoms with Crippen LogP contribution in [0.2, 0.25) is 0 Å². The number of fused-ring (bicyclic) bond motifs is 1. The van der Waals surface area contributed by atoms with E-state index in [0.29, 0.717) is 5.95 Å². The highest BCUT2D eigenvalue weighted by Crippen LogP contribution is 2.16. The molecule has 2 rings (SSSR count). The molecule has 0 aliphatic heterocycles. The molecule has 0 radical (unpaired) electrons. The van der Waals surface area contributed by atoms with Gasteiger partial charge in [-0.2, -0.15) is 0 Å². The Morgan fingerprint density at radius 3 is 2.62 bits per heavy atom. The van der Waals surface area contributed by atoms with Crippen molar-refractivity contribution in [3.8, 4) is 0 Å². The lowest BCUT2D eigenvalue weighted by Gasteiger charge is -2.25. The number of para-hydroxylation sites is 2. The van der Waals surface area contributed by atoms with Crippen molar-refractivity contribution in [3.63, 3.8) is 0 Å². The summed E-state index contributed by atoms with van der Waals surface area (Å²) in [5.41, 5.74) is 1.000. The molecule has 0 aliphatic carbocycles. The molecule has 1 aromatic carbocycles. The number of hydrogen-bond donors (Lipinski definition) is 4. The van der Waals surface area contributed by atoms with E-state index in [-0.39, 0.29) is 13.2 Å². The fraction of sp³-hybridized carbons (Fsp3) is 0.364. The second-order valence-corrected chi connectivity index (χ2v) is 4.10. The smallest absolute Gasteiger partial charge is 0.201 e. The van der Waals surface area contributed by atoms with Crippen LogP contribution < -0.4 is 5.32 Å². The molecule has 0 amide bonds. The number of hydrogen-bond acceptors (Lipinski definition) is 4. The van der Waals surface area contributed by atoms with E-state index >= 15 is 0 Å². The number of nitrogens with zero attached hydrogens (tertiary/aromatic N) is 1. The van der Waals surface area contributed by atoms with Gasteiger partial charge in [-0.1, -0.05) is 12.1 Å². The zero-order valence-electron chi connectivity index (χ0n) is 9.07. The average Bonchev–Trinajstić information content (AvgIpc) is 2.70. The van der Waals surface area contributed by atoms with Crippen LogP contribution in [0, 0.1) is 0 Å². The number of anilines is 1. The lowest BCUT2D eigenvalue weighted by molar-refractivity contribution is 0.147. The molecular weight excluding hydrogens is 206 g/mol. The van der Waals surface area contributed by atoms with E-state index in [1.807, 2.05) is 24.3 Å². The third-order valence-electron chi connectivity index (χ3n) is 2.51. The Morgan fingerprint density at radius 2 is 2.00 bits per heavy atom. The third kappa shape index (κ3) is 2.00. The predicted molar refractivity (Wildman–Crippen MR) is 62.3 cm³/mol. The maximum absolute atomic E-state index is 9.16. The van der Waals surface area contributed by atoms with E-state index in [4.69, 9.17) is 10.2 Å². The van der Waals surface area contributed by atoms with E-state index < -0.39 is 5.54 Å². The van der Waals surface area contributed by atoms with Crippen molar-refractivity contribution in [1.29, 1.82) is 0 Å². The highest BCUT2D eigenvalue weighted by atomic mass is 16.3. The number of aliphatic hydroxyl groups excluding tert-OH is 2. The molecule has 86 valence electrons. The first kappa shape index (κ1) is 10.9. The molecule has 1 aromatic heterocycles. The van der Waals surface area contributed by atoms with Gasteiger partial charge < -0.3 is 20.5 Å². The Bertz CT molecular complexity index is 444. The molecule has 0 unspecified atom stereocenters. The van der Waals surface area contributed by atoms with E-state index in [1.165, 1.54) is 0 Å². The van der Waals surface area contributed by atoms with Gasteiger partial charge in [0.05, 0.1) is 29.8 Å². The van der Waals surface area contributed by atoms with Crippen molar-refractivity contribution in [2.24, 2.45) is 0 Å². The molecular formula is C11H15N3O2. The first-order valence-electron chi connectivity index (χ1n) is 5.11. The summed E-state index contributed by atoms with van der Waals surface area (Å²) in [7, 11) is 0. The molecule has 5 nitrogen and oxygen atoms in total. The third-order valence-corrected chi connectivity index (χ3v) is 2.51. The standard InChI is InChI=1S/C11H15N3O2/c1-11(6-15,7-16)14-10-12-8-4-2-3-5-9(8)13-10/h2-5,15-16H,6-7H2,1H3,(H2,12,13,14). The van der Waals surface area contributed by atoms with Gasteiger partial charge in [0.2, 0.25) is 5.95 Å². The molecule has 0 spiro atoms. The lowest BCUT2D eigenvalue weighted by Crippen LogP contribution is -2.42. The van der Waals surface area contributed by atoms with E-state index in [9.17, 15) is 0 Å². The van der Waals surface area contributed by atoms with Crippen LogP contribution in [0.4, 0.5) is 5.95 Å². The van der Waals surface area contributed by atoms with Gasteiger partial charge >= 0.3 is 0 Å². The number of rotatable bonds is 4. The fourth-order valence-corrected chi connectivity index (χ4v) is 1.43. The van der Waals surface area contributed by atoms with Crippen LogP contribution in [-0.2, 0) is 0 Å². The van der Waals surface area contributed by atoms with Crippen LogP contribution in [0.5, 0.6) is 0 Å². The Labute approximate surface area is 93.1 Å². The Morgan fingerprint density at radius 1 is 1.31 bits per heavy atom. The summed E-state index contributed by atoms with van der Waals surface area (Å²) in [5.74, 6) is 0.548. The van der Waals surface area contributed by atoms with Gasteiger partial charge in [-0.05, 0) is 19.1 Å². The number of aliphatic hydroxyl groups is 2. The van der Waals surface area contributed by atoms with Crippen molar-refractivity contribution in [2.75, 3.05) is 18.5 Å². The fourth-order valence-electron chi connectivity index (χ4n) is 1.43. The molecule has 2 aromatic rings. The van der Waals surface area contributed by atoms with Crippen molar-refractivity contribution >= 4 is 17.0 Å². The quantitative estimate of drug-likeness (QED) is 0.613. The Kier molecular flexibility index (Phi) is 2.80. The molecule has 0 saturated carbocycles. The van der Waals surface area contributed by atoms with Crippen molar-refractivity contribution in [1.82, 2.24) is 9.97 Å². The zero-order chi connectivity index (χ0) is 11.6. The summed E-state index contributed by atoms with van der Waals surface area (Å²) in [6.07, 6.45) is 0. The molecule has 0 saturated heterocycles. The normalized spacial score (nSPS) is 11.9. The van der Waals surface area contributed by atoms with Gasteiger partial charge in [0.1, 0.15) is 0 Å². The first-order valence-corrected chi connectivity index (χ1v) is 5.11. The number of nitrogens with one attached hydrogen (secondary N) is 2. The second kappa shape index (κ2) is 4.11. The summed E-state index contributed by atoms with van der Waals surface area (Å²) in [5, 5.41) is 21.3. The maximum atomic E-state index is 9.16. The number of aromatic amines is 1. The van der Waals surface area contributed by atoms with Crippen LogP contribution in [0.15, 0.2) is 24.3 Å². The average molecular weight is 221 g/mol. The topological polar surface area (TPSA) is 81.2 Å². The van der Waals surface area contributed by atoms with Crippen LogP contribution in [0.25, 0.3) is 11.0 Å². The number of imidazole rings is 1. The molecule has 0 aliphatic rings. The molecule has 1 heterocycles. The van der Waals surface area contributed by atoms with Gasteiger partial charge in [0, 0.05) is 0 Å². The summed E-state index contributed by atoms with van der Waals surface area (Å²) in [6, 6.07) is 7.64. The predicted octanol–water partition coefficient (Wildman–Crippen LogP) is 0.718. The monoisotopic (exact) mass is 221 g/mol. The Hall–Kier alpha value is -1.59. The van der Waals surface area contributed by atoms with E-state index in [0.717, 1.165) is 11.0 Å². The minimum Gasteiger partial charge on any atom is -0.394 e. The Balaban J connectivity index is 2.27. The first-order chi connectivity index (χ1) is 7.67.